The monoisotopic (exact) mass is 435 g/mol. The van der Waals surface area contributed by atoms with E-state index >= 15 is 0 Å². The number of ether oxygens (including phenoxy) is 1. The van der Waals surface area contributed by atoms with E-state index in [2.05, 4.69) is 10.6 Å². The van der Waals surface area contributed by atoms with Gasteiger partial charge in [-0.25, -0.2) is 0 Å². The van der Waals surface area contributed by atoms with Gasteiger partial charge < -0.3 is 20.3 Å². The number of benzene rings is 1. The van der Waals surface area contributed by atoms with E-state index in [4.69, 9.17) is 4.74 Å². The Morgan fingerprint density at radius 3 is 2.41 bits per heavy atom. The highest BCUT2D eigenvalue weighted by molar-refractivity contribution is 6.00. The average Bonchev–Trinajstić information content (AvgIpc) is 3.14. The van der Waals surface area contributed by atoms with Crippen molar-refractivity contribution in [2.45, 2.75) is 74.9 Å². The predicted molar refractivity (Wildman–Crippen MR) is 116 cm³/mol. The quantitative estimate of drug-likeness (QED) is 0.666. The van der Waals surface area contributed by atoms with Crippen molar-refractivity contribution in [1.29, 1.82) is 0 Å². The first-order valence-corrected chi connectivity index (χ1v) is 11.9. The highest BCUT2D eigenvalue weighted by Crippen LogP contribution is 2.55. The maximum absolute atomic E-state index is 13.8. The van der Waals surface area contributed by atoms with Crippen molar-refractivity contribution in [2.24, 2.45) is 11.8 Å². The van der Waals surface area contributed by atoms with Crippen molar-refractivity contribution in [1.82, 2.24) is 15.5 Å². The van der Waals surface area contributed by atoms with Gasteiger partial charge in [-0.3, -0.25) is 14.4 Å². The number of nitrogens with zero attached hydrogens (tertiary/aromatic N) is 1. The topological polar surface area (TPSA) is 87.7 Å². The van der Waals surface area contributed by atoms with Gasteiger partial charge in [0.2, 0.25) is 17.7 Å². The zero-order valence-electron chi connectivity index (χ0n) is 18.0. The fourth-order valence-electron chi connectivity index (χ4n) is 6.09. The third-order valence-electron chi connectivity index (χ3n) is 7.75. The van der Waals surface area contributed by atoms with Gasteiger partial charge in [-0.1, -0.05) is 55.3 Å². The predicted octanol–water partition coefficient (Wildman–Crippen LogP) is 1.67. The number of fused-ring (bicyclic) bond motifs is 1. The largest absolute Gasteiger partial charge is 0.359 e. The Morgan fingerprint density at radius 2 is 1.69 bits per heavy atom. The van der Waals surface area contributed by atoms with Crippen LogP contribution in [0.2, 0.25) is 0 Å². The van der Waals surface area contributed by atoms with E-state index in [0.717, 1.165) is 44.1 Å². The molecule has 7 heteroatoms. The molecule has 5 unspecified atom stereocenters. The molecule has 4 fully saturated rings. The van der Waals surface area contributed by atoms with Crippen LogP contribution < -0.4 is 10.6 Å². The van der Waals surface area contributed by atoms with Crippen molar-refractivity contribution in [2.75, 3.05) is 0 Å². The summed E-state index contributed by atoms with van der Waals surface area (Å²) in [5.74, 6) is -1.71. The van der Waals surface area contributed by atoms with Gasteiger partial charge in [-0.05, 0) is 31.2 Å². The lowest BCUT2D eigenvalue weighted by Gasteiger charge is -2.33. The molecule has 7 nitrogen and oxygen atoms in total. The number of rotatable bonds is 6. The minimum atomic E-state index is -1.08. The molecule has 32 heavy (non-hydrogen) atoms. The van der Waals surface area contributed by atoms with E-state index in [1.165, 1.54) is 0 Å². The van der Waals surface area contributed by atoms with Crippen molar-refractivity contribution in [3.8, 4) is 0 Å². The molecule has 2 aliphatic carbocycles. The molecular weight excluding hydrogens is 406 g/mol. The van der Waals surface area contributed by atoms with E-state index in [0.29, 0.717) is 6.54 Å². The molecule has 1 aromatic rings. The first kappa shape index (κ1) is 20.0. The molecule has 6 rings (SSSR count). The Kier molecular flexibility index (Phi) is 4.64. The molecule has 5 aliphatic rings. The lowest BCUT2D eigenvalue weighted by Crippen LogP contribution is -2.55. The molecule has 168 valence electrons. The molecule has 2 saturated carbocycles. The van der Waals surface area contributed by atoms with E-state index in [1.54, 1.807) is 4.90 Å². The molecule has 2 saturated heterocycles. The zero-order chi connectivity index (χ0) is 21.9. The van der Waals surface area contributed by atoms with Crippen LogP contribution in [0, 0.1) is 11.8 Å². The summed E-state index contributed by atoms with van der Waals surface area (Å²) in [7, 11) is 0. The Balaban J connectivity index is 1.34. The van der Waals surface area contributed by atoms with Crippen LogP contribution in [0.1, 0.15) is 44.1 Å². The summed E-state index contributed by atoms with van der Waals surface area (Å²) in [6, 6.07) is 9.27. The molecule has 3 amide bonds. The van der Waals surface area contributed by atoms with Crippen molar-refractivity contribution in [3.63, 3.8) is 0 Å². The van der Waals surface area contributed by atoms with Crippen LogP contribution in [0.5, 0.6) is 0 Å². The number of amides is 3. The van der Waals surface area contributed by atoms with Crippen molar-refractivity contribution in [3.05, 3.63) is 48.0 Å². The standard InChI is InChI=1S/C25H29N3O4/c29-22(26-17-10-11-17)19-18-12-13-25(32-18)20(19)24(31)28(14-15-6-2-1-3-7-15)21(25)23(30)27-16-8-4-5-9-16/h1-3,6-7,12-13,16-21H,4-5,8-11,14H2,(H,26,29)(H,27,30). The van der Waals surface area contributed by atoms with Gasteiger partial charge >= 0.3 is 0 Å². The van der Waals surface area contributed by atoms with Gasteiger partial charge in [0.05, 0.1) is 17.9 Å². The van der Waals surface area contributed by atoms with Crippen LogP contribution in [0.25, 0.3) is 0 Å². The minimum absolute atomic E-state index is 0.126. The Bertz CT molecular complexity index is 969. The van der Waals surface area contributed by atoms with E-state index in [1.807, 2.05) is 42.5 Å². The molecule has 2 N–H and O–H groups in total. The summed E-state index contributed by atoms with van der Waals surface area (Å²) < 4.78 is 6.36. The Morgan fingerprint density at radius 1 is 1.00 bits per heavy atom. The molecule has 0 aromatic heterocycles. The summed E-state index contributed by atoms with van der Waals surface area (Å²) >= 11 is 0. The number of carbonyl (C=O) groups is 3. The third kappa shape index (κ3) is 3.09. The van der Waals surface area contributed by atoms with Crippen LogP contribution in [0.15, 0.2) is 42.5 Å². The summed E-state index contributed by atoms with van der Waals surface area (Å²) in [5.41, 5.74) is -0.126. The van der Waals surface area contributed by atoms with Crippen LogP contribution in [-0.4, -0.2) is 52.5 Å². The van der Waals surface area contributed by atoms with E-state index in [9.17, 15) is 14.4 Å². The summed E-state index contributed by atoms with van der Waals surface area (Å²) in [6.45, 7) is 0.319. The third-order valence-corrected chi connectivity index (χ3v) is 7.75. The highest BCUT2D eigenvalue weighted by Gasteiger charge is 2.72. The Labute approximate surface area is 187 Å². The highest BCUT2D eigenvalue weighted by atomic mass is 16.5. The maximum Gasteiger partial charge on any atom is 0.246 e. The number of nitrogens with one attached hydrogen (secondary N) is 2. The summed E-state index contributed by atoms with van der Waals surface area (Å²) in [6.07, 6.45) is 9.42. The fraction of sp³-hybridized carbons (Fsp3) is 0.560. The Hall–Kier alpha value is -2.67. The molecule has 5 atom stereocenters. The normalized spacial score (nSPS) is 35.4. The fourth-order valence-corrected chi connectivity index (χ4v) is 6.09. The van der Waals surface area contributed by atoms with Crippen LogP contribution in [-0.2, 0) is 25.7 Å². The molecule has 1 aromatic carbocycles. The van der Waals surface area contributed by atoms with E-state index in [-0.39, 0.29) is 29.8 Å². The second-order valence-electron chi connectivity index (χ2n) is 9.93. The molecule has 0 radical (unpaired) electrons. The van der Waals surface area contributed by atoms with Gasteiger partial charge in [-0.15, -0.1) is 0 Å². The lowest BCUT2D eigenvalue weighted by atomic mass is 9.74. The first-order valence-electron chi connectivity index (χ1n) is 11.9. The van der Waals surface area contributed by atoms with Gasteiger partial charge in [-0.2, -0.15) is 0 Å². The van der Waals surface area contributed by atoms with Crippen LogP contribution in [0.3, 0.4) is 0 Å². The van der Waals surface area contributed by atoms with Gasteiger partial charge in [0.25, 0.3) is 0 Å². The molecule has 1 spiro atoms. The van der Waals surface area contributed by atoms with Crippen molar-refractivity contribution >= 4 is 17.7 Å². The van der Waals surface area contributed by atoms with Gasteiger partial charge in [0.15, 0.2) is 0 Å². The SMILES string of the molecule is O=C(NC1CC1)C1C2C=CC3(O2)C1C(=O)N(Cc1ccccc1)C3C(=O)NC1CCCC1. The first-order chi connectivity index (χ1) is 15.6. The number of carbonyl (C=O) groups excluding carboxylic acids is 3. The lowest BCUT2D eigenvalue weighted by molar-refractivity contribution is -0.142. The molecule has 3 aliphatic heterocycles. The van der Waals surface area contributed by atoms with Gasteiger partial charge in [0.1, 0.15) is 11.6 Å². The molecule has 2 bridgehead atoms. The smallest absolute Gasteiger partial charge is 0.246 e. The molecular formula is C25H29N3O4. The van der Waals surface area contributed by atoms with Crippen molar-refractivity contribution < 1.29 is 19.1 Å². The minimum Gasteiger partial charge on any atom is -0.359 e. The molecule has 3 heterocycles. The second-order valence-corrected chi connectivity index (χ2v) is 9.93. The number of hydrogen-bond donors (Lipinski definition) is 2. The number of hydrogen-bond acceptors (Lipinski definition) is 4. The van der Waals surface area contributed by atoms with Crippen LogP contribution in [0.4, 0.5) is 0 Å². The summed E-state index contributed by atoms with van der Waals surface area (Å²) in [5, 5.41) is 6.24. The van der Waals surface area contributed by atoms with Gasteiger partial charge in [0, 0.05) is 18.6 Å². The second kappa shape index (κ2) is 7.44. The maximum atomic E-state index is 13.8. The average molecular weight is 436 g/mol. The summed E-state index contributed by atoms with van der Waals surface area (Å²) in [4.78, 5) is 42.2. The van der Waals surface area contributed by atoms with Crippen LogP contribution >= 0.6 is 0 Å². The van der Waals surface area contributed by atoms with E-state index < -0.39 is 29.6 Å². The zero-order valence-corrected chi connectivity index (χ0v) is 18.0. The number of likely N-dealkylation sites (tertiary alicyclic amines) is 1.